The van der Waals surface area contributed by atoms with E-state index < -0.39 is 10.0 Å². The van der Waals surface area contributed by atoms with Crippen molar-refractivity contribution < 1.29 is 13.2 Å². The second-order valence-corrected chi connectivity index (χ2v) is 7.18. The predicted octanol–water partition coefficient (Wildman–Crippen LogP) is 2.09. The molecule has 0 amide bonds. The van der Waals surface area contributed by atoms with Crippen LogP contribution in [-0.2, 0) is 21.2 Å². The van der Waals surface area contributed by atoms with Gasteiger partial charge >= 0.3 is 0 Å². The molecule has 1 aromatic carbocycles. The lowest BCUT2D eigenvalue weighted by atomic mass is 10.0. The van der Waals surface area contributed by atoms with E-state index in [4.69, 9.17) is 4.74 Å². The standard InChI is InChI=1S/C15H24N2O3S/c1-4-17(12(2)11-20-3)21(18,19)15-9-5-8-14-13(15)7-6-10-16-14/h5,8-9,12,16H,4,6-7,10-11H2,1-3H3. The monoisotopic (exact) mass is 312 g/mol. The summed E-state index contributed by atoms with van der Waals surface area (Å²) in [7, 11) is -1.91. The summed E-state index contributed by atoms with van der Waals surface area (Å²) in [5.74, 6) is 0. The first kappa shape index (κ1) is 16.3. The maximum Gasteiger partial charge on any atom is 0.243 e. The third kappa shape index (κ3) is 3.22. The molecule has 0 fully saturated rings. The zero-order valence-corrected chi connectivity index (χ0v) is 13.7. The van der Waals surface area contributed by atoms with Crippen LogP contribution in [0.25, 0.3) is 0 Å². The second-order valence-electron chi connectivity index (χ2n) is 5.33. The third-order valence-electron chi connectivity index (χ3n) is 3.85. The van der Waals surface area contributed by atoms with E-state index in [1.807, 2.05) is 19.9 Å². The number of hydrogen-bond acceptors (Lipinski definition) is 4. The molecule has 1 N–H and O–H groups in total. The van der Waals surface area contributed by atoms with Gasteiger partial charge in [0.1, 0.15) is 0 Å². The van der Waals surface area contributed by atoms with Crippen LogP contribution in [0.5, 0.6) is 0 Å². The largest absolute Gasteiger partial charge is 0.385 e. The van der Waals surface area contributed by atoms with Crippen LogP contribution in [0.1, 0.15) is 25.8 Å². The number of anilines is 1. The first-order valence-corrected chi connectivity index (χ1v) is 8.83. The summed E-state index contributed by atoms with van der Waals surface area (Å²) in [4.78, 5) is 0.428. The molecule has 0 bridgehead atoms. The van der Waals surface area contributed by atoms with E-state index >= 15 is 0 Å². The van der Waals surface area contributed by atoms with Gasteiger partial charge in [-0.1, -0.05) is 13.0 Å². The quantitative estimate of drug-likeness (QED) is 0.874. The van der Waals surface area contributed by atoms with Crippen LogP contribution in [0, 0.1) is 0 Å². The highest BCUT2D eigenvalue weighted by molar-refractivity contribution is 7.89. The Balaban J connectivity index is 2.43. The molecule has 0 spiro atoms. The van der Waals surface area contributed by atoms with Crippen LogP contribution < -0.4 is 5.32 Å². The van der Waals surface area contributed by atoms with Gasteiger partial charge in [0.25, 0.3) is 0 Å². The van der Waals surface area contributed by atoms with Crippen molar-refractivity contribution in [3.05, 3.63) is 23.8 Å². The van der Waals surface area contributed by atoms with Gasteiger partial charge in [0, 0.05) is 31.9 Å². The summed E-state index contributed by atoms with van der Waals surface area (Å²) < 4.78 is 32.6. The molecule has 1 aliphatic rings. The summed E-state index contributed by atoms with van der Waals surface area (Å²) in [5, 5.41) is 3.28. The van der Waals surface area contributed by atoms with E-state index in [0.717, 1.165) is 30.6 Å². The molecule has 0 saturated heterocycles. The van der Waals surface area contributed by atoms with Gasteiger partial charge in [0.05, 0.1) is 11.5 Å². The number of sulfonamides is 1. The van der Waals surface area contributed by atoms with Crippen LogP contribution in [-0.4, -0.2) is 45.6 Å². The normalized spacial score (nSPS) is 16.4. The first-order chi connectivity index (χ1) is 10.0. The number of ether oxygens (including phenoxy) is 1. The van der Waals surface area contributed by atoms with Crippen LogP contribution >= 0.6 is 0 Å². The fraction of sp³-hybridized carbons (Fsp3) is 0.600. The van der Waals surface area contributed by atoms with Crippen molar-refractivity contribution in [3.63, 3.8) is 0 Å². The maximum atomic E-state index is 13.0. The Labute approximate surface area is 127 Å². The molecule has 5 nitrogen and oxygen atoms in total. The smallest absolute Gasteiger partial charge is 0.243 e. The van der Waals surface area contributed by atoms with Crippen LogP contribution in [0.2, 0.25) is 0 Å². The minimum absolute atomic E-state index is 0.183. The number of nitrogens with one attached hydrogen (secondary N) is 1. The van der Waals surface area contributed by atoms with Crippen molar-refractivity contribution in [1.82, 2.24) is 4.31 Å². The number of likely N-dealkylation sites (N-methyl/N-ethyl adjacent to an activating group) is 1. The van der Waals surface area contributed by atoms with Crippen molar-refractivity contribution in [1.29, 1.82) is 0 Å². The van der Waals surface area contributed by atoms with Crippen molar-refractivity contribution in [3.8, 4) is 0 Å². The Morgan fingerprint density at radius 3 is 2.86 bits per heavy atom. The summed E-state index contributed by atoms with van der Waals surface area (Å²) in [5.41, 5.74) is 1.85. The van der Waals surface area contributed by atoms with Crippen LogP contribution in [0.15, 0.2) is 23.1 Å². The summed E-state index contributed by atoms with van der Waals surface area (Å²) in [6, 6.07) is 5.28. The molecule has 0 saturated carbocycles. The lowest BCUT2D eigenvalue weighted by Crippen LogP contribution is -2.41. The third-order valence-corrected chi connectivity index (χ3v) is 6.02. The molecule has 1 aliphatic heterocycles. The molecule has 6 heteroatoms. The van der Waals surface area contributed by atoms with Crippen LogP contribution in [0.3, 0.4) is 0 Å². The van der Waals surface area contributed by atoms with Crippen molar-refractivity contribution in [2.24, 2.45) is 0 Å². The van der Waals surface area contributed by atoms with Crippen molar-refractivity contribution >= 4 is 15.7 Å². The van der Waals surface area contributed by atoms with Gasteiger partial charge < -0.3 is 10.1 Å². The van der Waals surface area contributed by atoms with Gasteiger partial charge in [0.2, 0.25) is 10.0 Å². The Hall–Kier alpha value is -1.11. The van der Waals surface area contributed by atoms with E-state index in [2.05, 4.69) is 5.32 Å². The minimum Gasteiger partial charge on any atom is -0.385 e. The van der Waals surface area contributed by atoms with Crippen LogP contribution in [0.4, 0.5) is 5.69 Å². The highest BCUT2D eigenvalue weighted by Gasteiger charge is 2.30. The lowest BCUT2D eigenvalue weighted by Gasteiger charge is -2.29. The van der Waals surface area contributed by atoms with Crippen molar-refractivity contribution in [2.75, 3.05) is 32.1 Å². The molecule has 0 aromatic heterocycles. The van der Waals surface area contributed by atoms with E-state index in [1.54, 1.807) is 19.2 Å². The molecule has 0 aliphatic carbocycles. The first-order valence-electron chi connectivity index (χ1n) is 7.39. The number of rotatable bonds is 6. The SMILES string of the molecule is CCN(C(C)COC)S(=O)(=O)c1cccc2c1CCCN2. The number of hydrogen-bond donors (Lipinski definition) is 1. The molecule has 0 radical (unpaired) electrons. The van der Waals surface area contributed by atoms with E-state index in [0.29, 0.717) is 18.0 Å². The number of nitrogens with zero attached hydrogens (tertiary/aromatic N) is 1. The predicted molar refractivity (Wildman–Crippen MR) is 84.2 cm³/mol. The average molecular weight is 312 g/mol. The Morgan fingerprint density at radius 2 is 2.19 bits per heavy atom. The van der Waals surface area contributed by atoms with Gasteiger partial charge in [-0.3, -0.25) is 0 Å². The van der Waals surface area contributed by atoms with Gasteiger partial charge in [0.15, 0.2) is 0 Å². The Morgan fingerprint density at radius 1 is 1.43 bits per heavy atom. The average Bonchev–Trinajstić information content (AvgIpc) is 2.47. The lowest BCUT2D eigenvalue weighted by molar-refractivity contribution is 0.142. The summed E-state index contributed by atoms with van der Waals surface area (Å²) >= 11 is 0. The molecule has 1 atom stereocenters. The minimum atomic E-state index is -3.50. The topological polar surface area (TPSA) is 58.6 Å². The molecule has 1 unspecified atom stereocenters. The van der Waals surface area contributed by atoms with E-state index in [9.17, 15) is 8.42 Å². The number of benzene rings is 1. The zero-order chi connectivity index (χ0) is 15.5. The van der Waals surface area contributed by atoms with Gasteiger partial charge in [-0.15, -0.1) is 0 Å². The Kier molecular flexibility index (Phi) is 5.24. The molecule has 2 rings (SSSR count). The van der Waals surface area contributed by atoms with E-state index in [-0.39, 0.29) is 6.04 Å². The molecule has 118 valence electrons. The fourth-order valence-electron chi connectivity index (χ4n) is 2.89. The number of fused-ring (bicyclic) bond motifs is 1. The second kappa shape index (κ2) is 6.77. The molecular formula is C15H24N2O3S. The summed E-state index contributed by atoms with van der Waals surface area (Å²) in [6.45, 7) is 5.45. The fourth-order valence-corrected chi connectivity index (χ4v) is 4.79. The zero-order valence-electron chi connectivity index (χ0n) is 12.9. The Bertz CT molecular complexity index is 587. The number of methoxy groups -OCH3 is 1. The van der Waals surface area contributed by atoms with Gasteiger partial charge in [-0.05, 0) is 37.5 Å². The van der Waals surface area contributed by atoms with Gasteiger partial charge in [-0.25, -0.2) is 8.42 Å². The maximum absolute atomic E-state index is 13.0. The molecular weight excluding hydrogens is 288 g/mol. The highest BCUT2D eigenvalue weighted by atomic mass is 32.2. The van der Waals surface area contributed by atoms with E-state index in [1.165, 1.54) is 4.31 Å². The molecule has 21 heavy (non-hydrogen) atoms. The molecule has 1 aromatic rings. The summed E-state index contributed by atoms with van der Waals surface area (Å²) in [6.07, 6.45) is 1.76. The van der Waals surface area contributed by atoms with Crippen molar-refractivity contribution in [2.45, 2.75) is 37.6 Å². The molecule has 1 heterocycles. The highest BCUT2D eigenvalue weighted by Crippen LogP contribution is 2.30. The van der Waals surface area contributed by atoms with Gasteiger partial charge in [-0.2, -0.15) is 4.31 Å².